The van der Waals surface area contributed by atoms with Gasteiger partial charge in [0.2, 0.25) is 0 Å². The number of hydrogen-bond donors (Lipinski definition) is 1. The van der Waals surface area contributed by atoms with Gasteiger partial charge in [-0.15, -0.1) is 0 Å². The van der Waals surface area contributed by atoms with Gasteiger partial charge in [0.1, 0.15) is 10.1 Å². The Kier molecular flexibility index (Phi) is 6.84. The van der Waals surface area contributed by atoms with E-state index < -0.39 is 5.91 Å². The standard InChI is InChI=1S/C18H21N3O4S2/c19-16(22)12-25-14-3-1-13(2-4-14)11-15-17(23)21(18(26)27-15)6-5-20-7-9-24-10-8-20/h1-4,11H,5-10,12H2,(H2,19,22). The summed E-state index contributed by atoms with van der Waals surface area (Å²) in [5.41, 5.74) is 5.91. The van der Waals surface area contributed by atoms with Crippen LogP contribution in [0.5, 0.6) is 5.75 Å². The van der Waals surface area contributed by atoms with Crippen molar-refractivity contribution in [2.45, 2.75) is 0 Å². The second kappa shape index (κ2) is 9.32. The highest BCUT2D eigenvalue weighted by Crippen LogP contribution is 2.32. The van der Waals surface area contributed by atoms with Crippen molar-refractivity contribution in [3.63, 3.8) is 0 Å². The number of morpholine rings is 1. The first-order chi connectivity index (χ1) is 13.0. The van der Waals surface area contributed by atoms with Crippen LogP contribution in [0, 0.1) is 0 Å². The van der Waals surface area contributed by atoms with E-state index in [0.29, 0.717) is 21.5 Å². The van der Waals surface area contributed by atoms with Crippen LogP contribution in [0.15, 0.2) is 29.2 Å². The highest BCUT2D eigenvalue weighted by Gasteiger charge is 2.32. The lowest BCUT2D eigenvalue weighted by molar-refractivity contribution is -0.122. The lowest BCUT2D eigenvalue weighted by Crippen LogP contribution is -2.42. The predicted molar refractivity (Wildman–Crippen MR) is 108 cm³/mol. The maximum Gasteiger partial charge on any atom is 0.266 e. The summed E-state index contributed by atoms with van der Waals surface area (Å²) in [6.45, 7) is 4.44. The minimum Gasteiger partial charge on any atom is -0.484 e. The summed E-state index contributed by atoms with van der Waals surface area (Å²) in [7, 11) is 0. The first kappa shape index (κ1) is 19.8. The van der Waals surface area contributed by atoms with Gasteiger partial charge in [-0.3, -0.25) is 19.4 Å². The molecule has 0 spiro atoms. The Hall–Kier alpha value is -1.94. The largest absolute Gasteiger partial charge is 0.484 e. The molecule has 0 radical (unpaired) electrons. The van der Waals surface area contributed by atoms with Gasteiger partial charge in [-0.25, -0.2) is 0 Å². The molecule has 2 heterocycles. The number of hydrogen-bond acceptors (Lipinski definition) is 7. The van der Waals surface area contributed by atoms with Gasteiger partial charge in [-0.2, -0.15) is 0 Å². The van der Waals surface area contributed by atoms with E-state index >= 15 is 0 Å². The van der Waals surface area contributed by atoms with E-state index in [9.17, 15) is 9.59 Å². The van der Waals surface area contributed by atoms with Crippen LogP contribution in [-0.4, -0.2) is 71.9 Å². The van der Waals surface area contributed by atoms with E-state index in [4.69, 9.17) is 27.4 Å². The predicted octanol–water partition coefficient (Wildman–Crippen LogP) is 1.08. The van der Waals surface area contributed by atoms with Crippen LogP contribution in [0.3, 0.4) is 0 Å². The van der Waals surface area contributed by atoms with E-state index in [1.165, 1.54) is 11.8 Å². The Balaban J connectivity index is 1.58. The average molecular weight is 408 g/mol. The Bertz CT molecular complexity index is 745. The van der Waals surface area contributed by atoms with Crippen molar-refractivity contribution in [2.75, 3.05) is 46.0 Å². The summed E-state index contributed by atoms with van der Waals surface area (Å²) >= 11 is 6.69. The molecule has 2 aliphatic rings. The first-order valence-corrected chi connectivity index (χ1v) is 9.82. The maximum atomic E-state index is 12.7. The zero-order valence-electron chi connectivity index (χ0n) is 14.8. The number of carbonyl (C=O) groups is 2. The number of ether oxygens (including phenoxy) is 2. The number of carbonyl (C=O) groups excluding carboxylic acids is 2. The van der Waals surface area contributed by atoms with Gasteiger partial charge in [-0.1, -0.05) is 36.1 Å². The average Bonchev–Trinajstić information content (AvgIpc) is 2.93. The number of nitrogens with two attached hydrogens (primary N) is 1. The number of primary amides is 1. The molecule has 0 saturated carbocycles. The number of thioether (sulfide) groups is 1. The van der Waals surface area contributed by atoms with E-state index in [-0.39, 0.29) is 12.5 Å². The van der Waals surface area contributed by atoms with Crippen molar-refractivity contribution in [3.8, 4) is 5.75 Å². The molecule has 7 nitrogen and oxygen atoms in total. The molecule has 9 heteroatoms. The topological polar surface area (TPSA) is 85.1 Å². The van der Waals surface area contributed by atoms with Crippen LogP contribution in [0.1, 0.15) is 5.56 Å². The Labute approximate surface area is 167 Å². The van der Waals surface area contributed by atoms with Gasteiger partial charge >= 0.3 is 0 Å². The normalized spacial score (nSPS) is 19.7. The molecule has 3 rings (SSSR count). The molecular formula is C18H21N3O4S2. The summed E-state index contributed by atoms with van der Waals surface area (Å²) in [6.07, 6.45) is 1.81. The molecule has 2 aliphatic heterocycles. The second-order valence-corrected chi connectivity index (χ2v) is 7.79. The number of rotatable bonds is 7. The minimum absolute atomic E-state index is 0.0627. The fourth-order valence-electron chi connectivity index (χ4n) is 2.73. The van der Waals surface area contributed by atoms with Crippen molar-refractivity contribution in [3.05, 3.63) is 34.7 Å². The van der Waals surface area contributed by atoms with Gasteiger partial charge in [-0.05, 0) is 23.8 Å². The lowest BCUT2D eigenvalue weighted by Gasteiger charge is -2.28. The minimum atomic E-state index is -0.528. The molecule has 2 saturated heterocycles. The van der Waals surface area contributed by atoms with Crippen molar-refractivity contribution in [1.29, 1.82) is 0 Å². The van der Waals surface area contributed by atoms with Gasteiger partial charge in [0, 0.05) is 26.2 Å². The van der Waals surface area contributed by atoms with Crippen LogP contribution in [-0.2, 0) is 14.3 Å². The molecule has 1 aromatic carbocycles. The van der Waals surface area contributed by atoms with Crippen LogP contribution in [0.2, 0.25) is 0 Å². The zero-order chi connectivity index (χ0) is 19.2. The third kappa shape index (κ3) is 5.52. The van der Waals surface area contributed by atoms with Crippen molar-refractivity contribution < 1.29 is 19.1 Å². The van der Waals surface area contributed by atoms with Crippen LogP contribution < -0.4 is 10.5 Å². The molecule has 144 valence electrons. The molecule has 2 fully saturated rings. The second-order valence-electron chi connectivity index (χ2n) is 6.11. The summed E-state index contributed by atoms with van der Waals surface area (Å²) in [5.74, 6) is -0.0452. The summed E-state index contributed by atoms with van der Waals surface area (Å²) in [6, 6.07) is 7.09. The van der Waals surface area contributed by atoms with Gasteiger partial charge in [0.05, 0.1) is 18.1 Å². The maximum absolute atomic E-state index is 12.7. The van der Waals surface area contributed by atoms with Crippen LogP contribution >= 0.6 is 24.0 Å². The van der Waals surface area contributed by atoms with E-state index in [0.717, 1.165) is 38.4 Å². The molecular weight excluding hydrogens is 386 g/mol. The SMILES string of the molecule is NC(=O)COc1ccc(C=C2SC(=S)N(CCN3CCOCC3)C2=O)cc1. The van der Waals surface area contributed by atoms with Crippen molar-refractivity contribution >= 4 is 46.2 Å². The molecule has 1 aromatic rings. The monoisotopic (exact) mass is 407 g/mol. The number of nitrogens with zero attached hydrogens (tertiary/aromatic N) is 2. The van der Waals surface area contributed by atoms with Crippen molar-refractivity contribution in [2.24, 2.45) is 5.73 Å². The fourth-order valence-corrected chi connectivity index (χ4v) is 4.03. The lowest BCUT2D eigenvalue weighted by atomic mass is 10.2. The van der Waals surface area contributed by atoms with E-state index in [2.05, 4.69) is 4.90 Å². The quantitative estimate of drug-likeness (QED) is 0.535. The summed E-state index contributed by atoms with van der Waals surface area (Å²) in [4.78, 5) is 27.9. The highest BCUT2D eigenvalue weighted by atomic mass is 32.2. The molecule has 27 heavy (non-hydrogen) atoms. The van der Waals surface area contributed by atoms with Gasteiger partial charge in [0.25, 0.3) is 11.8 Å². The molecule has 2 N–H and O–H groups in total. The smallest absolute Gasteiger partial charge is 0.266 e. The zero-order valence-corrected chi connectivity index (χ0v) is 16.4. The fraction of sp³-hybridized carbons (Fsp3) is 0.389. The van der Waals surface area contributed by atoms with Crippen LogP contribution in [0.4, 0.5) is 0 Å². The Morgan fingerprint density at radius 2 is 1.96 bits per heavy atom. The molecule has 0 unspecified atom stereocenters. The summed E-state index contributed by atoms with van der Waals surface area (Å²) < 4.78 is 11.2. The molecule has 2 amide bonds. The number of thiocarbonyl (C=S) groups is 1. The number of amides is 2. The van der Waals surface area contributed by atoms with Crippen molar-refractivity contribution in [1.82, 2.24) is 9.80 Å². The third-order valence-corrected chi connectivity index (χ3v) is 5.55. The van der Waals surface area contributed by atoms with Gasteiger partial charge in [0.15, 0.2) is 6.61 Å². The summed E-state index contributed by atoms with van der Waals surface area (Å²) in [5, 5.41) is 0. The first-order valence-electron chi connectivity index (χ1n) is 8.59. The Morgan fingerprint density at radius 1 is 1.26 bits per heavy atom. The third-order valence-electron chi connectivity index (χ3n) is 4.18. The molecule has 0 atom stereocenters. The van der Waals surface area contributed by atoms with Gasteiger partial charge < -0.3 is 15.2 Å². The van der Waals surface area contributed by atoms with Crippen LogP contribution in [0.25, 0.3) is 6.08 Å². The molecule has 0 bridgehead atoms. The highest BCUT2D eigenvalue weighted by molar-refractivity contribution is 8.26. The van der Waals surface area contributed by atoms with E-state index in [1.54, 1.807) is 17.0 Å². The van der Waals surface area contributed by atoms with E-state index in [1.807, 2.05) is 18.2 Å². The molecule has 0 aliphatic carbocycles. The Morgan fingerprint density at radius 3 is 2.63 bits per heavy atom. The molecule has 0 aromatic heterocycles. The number of benzene rings is 1.